The molecule has 2 aromatic carbocycles. The van der Waals surface area contributed by atoms with E-state index in [0.29, 0.717) is 31.2 Å². The second kappa shape index (κ2) is 8.14. The zero-order chi connectivity index (χ0) is 20.4. The number of aliphatic hydroxyl groups is 1. The van der Waals surface area contributed by atoms with Crippen LogP contribution in [0.15, 0.2) is 53.1 Å². The number of nitrogens with one attached hydrogen (secondary N) is 1. The van der Waals surface area contributed by atoms with Crippen LogP contribution in [0.3, 0.4) is 0 Å². The van der Waals surface area contributed by atoms with Crippen LogP contribution >= 0.6 is 0 Å². The lowest BCUT2D eigenvalue weighted by Gasteiger charge is -2.21. The summed E-state index contributed by atoms with van der Waals surface area (Å²) in [6.07, 6.45) is 0.118. The van der Waals surface area contributed by atoms with Gasteiger partial charge in [0.15, 0.2) is 0 Å². The molecule has 1 saturated heterocycles. The van der Waals surface area contributed by atoms with Crippen molar-refractivity contribution in [2.24, 2.45) is 0 Å². The highest BCUT2D eigenvalue weighted by molar-refractivity contribution is 5.88. The van der Waals surface area contributed by atoms with Crippen LogP contribution in [0.1, 0.15) is 36.4 Å². The molecular formula is C22H24N4O3. The Morgan fingerprint density at radius 1 is 1.28 bits per heavy atom. The lowest BCUT2D eigenvalue weighted by molar-refractivity contribution is -0.114. The first-order valence-electron chi connectivity index (χ1n) is 9.67. The van der Waals surface area contributed by atoms with Gasteiger partial charge in [0.2, 0.25) is 17.6 Å². The van der Waals surface area contributed by atoms with Gasteiger partial charge in [0.1, 0.15) is 0 Å². The molecule has 1 fully saturated rings. The van der Waals surface area contributed by atoms with Gasteiger partial charge in [-0.1, -0.05) is 41.1 Å². The van der Waals surface area contributed by atoms with Gasteiger partial charge in [-0.15, -0.1) is 0 Å². The first-order valence-corrected chi connectivity index (χ1v) is 9.67. The quantitative estimate of drug-likeness (QED) is 0.692. The van der Waals surface area contributed by atoms with Gasteiger partial charge in [0, 0.05) is 31.3 Å². The van der Waals surface area contributed by atoms with Gasteiger partial charge in [-0.2, -0.15) is 4.98 Å². The SMILES string of the molecule is CC(=O)Nc1ccc(CN2C[C@H](O)C[C@H]2c2nc(-c3cccc(C)c3)no2)cc1. The van der Waals surface area contributed by atoms with E-state index in [1.807, 2.05) is 55.5 Å². The maximum atomic E-state index is 11.2. The van der Waals surface area contributed by atoms with Crippen LogP contribution in [-0.4, -0.2) is 38.7 Å². The Labute approximate surface area is 169 Å². The molecule has 29 heavy (non-hydrogen) atoms. The summed E-state index contributed by atoms with van der Waals surface area (Å²) in [5.74, 6) is 0.985. The summed E-state index contributed by atoms with van der Waals surface area (Å²) in [7, 11) is 0. The molecule has 150 valence electrons. The third-order valence-electron chi connectivity index (χ3n) is 5.04. The highest BCUT2D eigenvalue weighted by Crippen LogP contribution is 2.33. The highest BCUT2D eigenvalue weighted by Gasteiger charge is 2.35. The minimum atomic E-state index is -0.437. The summed E-state index contributed by atoms with van der Waals surface area (Å²) in [6.45, 7) is 4.70. The second-order valence-corrected chi connectivity index (χ2v) is 7.54. The van der Waals surface area contributed by atoms with Gasteiger partial charge in [-0.05, 0) is 37.1 Å². The van der Waals surface area contributed by atoms with Crippen LogP contribution < -0.4 is 5.32 Å². The van der Waals surface area contributed by atoms with Crippen molar-refractivity contribution in [2.45, 2.75) is 39.0 Å². The number of aliphatic hydroxyl groups excluding tert-OH is 1. The van der Waals surface area contributed by atoms with Crippen molar-refractivity contribution in [2.75, 3.05) is 11.9 Å². The van der Waals surface area contributed by atoms with Crippen molar-refractivity contribution < 1.29 is 14.4 Å². The van der Waals surface area contributed by atoms with Gasteiger partial charge in [0.05, 0.1) is 12.1 Å². The summed E-state index contributed by atoms with van der Waals surface area (Å²) in [4.78, 5) is 17.9. The summed E-state index contributed by atoms with van der Waals surface area (Å²) < 4.78 is 5.56. The maximum Gasteiger partial charge on any atom is 0.244 e. The van der Waals surface area contributed by atoms with Crippen LogP contribution in [0.5, 0.6) is 0 Å². The number of likely N-dealkylation sites (tertiary alicyclic amines) is 1. The van der Waals surface area contributed by atoms with E-state index < -0.39 is 6.10 Å². The number of β-amino-alcohol motifs (C(OH)–C–C–N with tert-alkyl or cyclic N) is 1. The Kier molecular flexibility index (Phi) is 5.42. The number of hydrogen-bond acceptors (Lipinski definition) is 6. The van der Waals surface area contributed by atoms with E-state index in [2.05, 4.69) is 20.4 Å². The number of anilines is 1. The van der Waals surface area contributed by atoms with E-state index in [9.17, 15) is 9.90 Å². The molecule has 0 aliphatic carbocycles. The largest absolute Gasteiger partial charge is 0.392 e. The third kappa shape index (κ3) is 4.52. The molecule has 4 rings (SSSR count). The average molecular weight is 392 g/mol. The molecule has 0 bridgehead atoms. The van der Waals surface area contributed by atoms with Crippen LogP contribution in [-0.2, 0) is 11.3 Å². The molecule has 3 aromatic rings. The number of amides is 1. The molecule has 1 amide bonds. The monoisotopic (exact) mass is 392 g/mol. The van der Waals surface area contributed by atoms with E-state index in [1.165, 1.54) is 6.92 Å². The molecule has 0 spiro atoms. The van der Waals surface area contributed by atoms with E-state index >= 15 is 0 Å². The molecular weight excluding hydrogens is 368 g/mol. The molecule has 2 N–H and O–H groups in total. The molecule has 2 heterocycles. The molecule has 0 saturated carbocycles. The Morgan fingerprint density at radius 3 is 2.79 bits per heavy atom. The summed E-state index contributed by atoms with van der Waals surface area (Å²) in [5.41, 5.74) is 3.89. The molecule has 0 radical (unpaired) electrons. The fraction of sp³-hybridized carbons (Fsp3) is 0.318. The minimum absolute atomic E-state index is 0.0960. The topological polar surface area (TPSA) is 91.5 Å². The number of hydrogen-bond donors (Lipinski definition) is 2. The van der Waals surface area contributed by atoms with Gasteiger partial charge in [-0.25, -0.2) is 0 Å². The zero-order valence-electron chi connectivity index (χ0n) is 16.5. The third-order valence-corrected chi connectivity index (χ3v) is 5.04. The number of rotatable bonds is 5. The van der Waals surface area contributed by atoms with Gasteiger partial charge >= 0.3 is 0 Å². The fourth-order valence-electron chi connectivity index (χ4n) is 3.71. The lowest BCUT2D eigenvalue weighted by atomic mass is 10.1. The molecule has 2 atom stereocenters. The van der Waals surface area contributed by atoms with Crippen molar-refractivity contribution in [1.29, 1.82) is 0 Å². The lowest BCUT2D eigenvalue weighted by Crippen LogP contribution is -2.24. The summed E-state index contributed by atoms with van der Waals surface area (Å²) >= 11 is 0. The van der Waals surface area contributed by atoms with Crippen LogP contribution in [0.25, 0.3) is 11.4 Å². The van der Waals surface area contributed by atoms with Crippen LogP contribution in [0.2, 0.25) is 0 Å². The van der Waals surface area contributed by atoms with Gasteiger partial charge in [-0.3, -0.25) is 9.69 Å². The minimum Gasteiger partial charge on any atom is -0.392 e. The molecule has 7 heteroatoms. The van der Waals surface area contributed by atoms with Crippen LogP contribution in [0, 0.1) is 6.92 Å². The predicted octanol–water partition coefficient (Wildman–Crippen LogP) is 3.31. The summed E-state index contributed by atoms with van der Waals surface area (Å²) in [6, 6.07) is 15.5. The molecule has 0 unspecified atom stereocenters. The molecule has 1 aromatic heterocycles. The smallest absolute Gasteiger partial charge is 0.244 e. The normalized spacial score (nSPS) is 19.4. The molecule has 7 nitrogen and oxygen atoms in total. The van der Waals surface area contributed by atoms with Crippen molar-refractivity contribution in [1.82, 2.24) is 15.0 Å². The van der Waals surface area contributed by atoms with E-state index in [-0.39, 0.29) is 11.9 Å². The Bertz CT molecular complexity index is 999. The number of nitrogens with zero attached hydrogens (tertiary/aromatic N) is 3. The van der Waals surface area contributed by atoms with Gasteiger partial charge < -0.3 is 14.9 Å². The van der Waals surface area contributed by atoms with Crippen molar-refractivity contribution in [3.05, 3.63) is 65.5 Å². The first kappa shape index (κ1) is 19.3. The number of carbonyl (C=O) groups is 1. The Balaban J connectivity index is 1.50. The number of aromatic nitrogens is 2. The standard InChI is InChI=1S/C22H24N4O3/c1-14-4-3-5-17(10-14)21-24-22(29-25-21)20-11-19(28)13-26(20)12-16-6-8-18(9-7-16)23-15(2)27/h3-10,19-20,28H,11-13H2,1-2H3,(H,23,27)/t19-,20+/m1/s1. The first-order chi connectivity index (χ1) is 14.0. The summed E-state index contributed by atoms with van der Waals surface area (Å²) in [5, 5.41) is 17.1. The van der Waals surface area contributed by atoms with E-state index in [1.54, 1.807) is 0 Å². The van der Waals surface area contributed by atoms with Crippen LogP contribution in [0.4, 0.5) is 5.69 Å². The number of carbonyl (C=O) groups excluding carboxylic acids is 1. The Hall–Kier alpha value is -3.03. The predicted molar refractivity (Wildman–Crippen MR) is 109 cm³/mol. The molecule has 1 aliphatic rings. The van der Waals surface area contributed by atoms with E-state index in [0.717, 1.165) is 22.4 Å². The Morgan fingerprint density at radius 2 is 2.07 bits per heavy atom. The number of aryl methyl sites for hydroxylation is 1. The maximum absolute atomic E-state index is 11.2. The van der Waals surface area contributed by atoms with Gasteiger partial charge in [0.25, 0.3) is 0 Å². The van der Waals surface area contributed by atoms with Crippen molar-refractivity contribution in [3.63, 3.8) is 0 Å². The fourth-order valence-corrected chi connectivity index (χ4v) is 3.71. The number of benzene rings is 2. The second-order valence-electron chi connectivity index (χ2n) is 7.54. The van der Waals surface area contributed by atoms with Crippen molar-refractivity contribution >= 4 is 11.6 Å². The van der Waals surface area contributed by atoms with E-state index in [4.69, 9.17) is 4.52 Å². The van der Waals surface area contributed by atoms with Crippen molar-refractivity contribution in [3.8, 4) is 11.4 Å². The highest BCUT2D eigenvalue weighted by atomic mass is 16.5. The average Bonchev–Trinajstić information content (AvgIpc) is 3.30. The molecule has 1 aliphatic heterocycles. The zero-order valence-corrected chi connectivity index (χ0v) is 16.5.